The first-order valence-corrected chi connectivity index (χ1v) is 6.83. The zero-order valence-corrected chi connectivity index (χ0v) is 10.2. The molecule has 0 radical (unpaired) electrons. The molecule has 9 nitrogen and oxygen atoms in total. The Labute approximate surface area is 99.4 Å². The van der Waals surface area contributed by atoms with Crippen LogP contribution in [0, 0.1) is 0 Å². The Hall–Kier alpha value is -1.48. The third-order valence-corrected chi connectivity index (χ3v) is 3.31. The van der Waals surface area contributed by atoms with Gasteiger partial charge in [0.15, 0.2) is 5.52 Å². The summed E-state index contributed by atoms with van der Waals surface area (Å²) in [6.07, 6.45) is 1.14. The second kappa shape index (κ2) is 4.08. The van der Waals surface area contributed by atoms with E-state index in [2.05, 4.69) is 31.3 Å². The fraction of sp³-hybridized carbons (Fsp3) is 0.167. The lowest BCUT2D eigenvalue weighted by Gasteiger charge is -2.13. The number of aromatic amines is 1. The molecule has 0 aliphatic rings. The molecule has 0 aromatic carbocycles. The van der Waals surface area contributed by atoms with Gasteiger partial charge in [0.2, 0.25) is 11.6 Å². The van der Waals surface area contributed by atoms with Crippen LogP contribution in [-0.4, -0.2) is 31.7 Å². The number of imidazole rings is 1. The number of aromatic nitrogens is 4. The number of fused-ring (bicyclic) bond motifs is 1. The highest BCUT2D eigenvalue weighted by atomic mass is 32.5. The van der Waals surface area contributed by atoms with E-state index < -0.39 is 12.3 Å². The van der Waals surface area contributed by atoms with Crippen LogP contribution in [0.3, 0.4) is 0 Å². The minimum Gasteiger partial charge on any atom is -0.369 e. The third kappa shape index (κ3) is 2.29. The van der Waals surface area contributed by atoms with E-state index in [1.54, 1.807) is 0 Å². The van der Waals surface area contributed by atoms with Crippen molar-refractivity contribution in [1.29, 1.82) is 0 Å². The van der Waals surface area contributed by atoms with Crippen molar-refractivity contribution >= 4 is 35.6 Å². The van der Waals surface area contributed by atoms with Crippen molar-refractivity contribution < 1.29 is 14.0 Å². The van der Waals surface area contributed by atoms with Gasteiger partial charge >= 0.3 is 6.72 Å². The van der Waals surface area contributed by atoms with Gasteiger partial charge in [-0.05, 0) is 0 Å². The fourth-order valence-corrected chi connectivity index (χ4v) is 1.74. The van der Waals surface area contributed by atoms with Gasteiger partial charge in [0, 0.05) is 18.9 Å². The molecule has 0 saturated heterocycles. The highest BCUT2D eigenvalue weighted by molar-refractivity contribution is 8.07. The van der Waals surface area contributed by atoms with Crippen LogP contribution in [0.25, 0.3) is 11.2 Å². The van der Waals surface area contributed by atoms with E-state index in [9.17, 15) is 9.69 Å². The molecule has 0 saturated carbocycles. The van der Waals surface area contributed by atoms with Gasteiger partial charge in [-0.3, -0.25) is 9.78 Å². The number of nitrogens with one attached hydrogen (secondary N) is 1. The van der Waals surface area contributed by atoms with E-state index in [1.807, 2.05) is 0 Å². The van der Waals surface area contributed by atoms with Gasteiger partial charge < -0.3 is 19.8 Å². The van der Waals surface area contributed by atoms with Gasteiger partial charge in [-0.1, -0.05) is 0 Å². The van der Waals surface area contributed by atoms with Crippen molar-refractivity contribution in [2.24, 2.45) is 0 Å². The Morgan fingerprint density at radius 1 is 1.71 bits per heavy atom. The highest BCUT2D eigenvalue weighted by Crippen LogP contribution is 2.38. The highest BCUT2D eigenvalue weighted by Gasteiger charge is 2.18. The molecule has 2 heterocycles. The van der Waals surface area contributed by atoms with E-state index in [4.69, 9.17) is 10.4 Å². The Morgan fingerprint density at radius 2 is 2.41 bits per heavy atom. The maximum absolute atomic E-state index is 11.4. The Kier molecular flexibility index (Phi) is 2.87. The van der Waals surface area contributed by atoms with E-state index in [1.165, 1.54) is 7.11 Å². The lowest BCUT2D eigenvalue weighted by molar-refractivity contribution is 0.210. The summed E-state index contributed by atoms with van der Waals surface area (Å²) in [7, 11) is 1.20. The average molecular weight is 277 g/mol. The topological polar surface area (TPSA) is 128 Å². The first kappa shape index (κ1) is 12.0. The summed E-state index contributed by atoms with van der Waals surface area (Å²) in [6.45, 7) is -3.43. The van der Waals surface area contributed by atoms with Crippen molar-refractivity contribution in [3.8, 4) is 0 Å². The van der Waals surface area contributed by atoms with Crippen molar-refractivity contribution in [3.63, 3.8) is 0 Å². The number of rotatable bonds is 3. The molecule has 2 rings (SSSR count). The number of nitrogen functional groups attached to an aromatic ring is 1. The van der Waals surface area contributed by atoms with Gasteiger partial charge in [-0.2, -0.15) is 4.98 Å². The minimum atomic E-state index is -3.43. The van der Waals surface area contributed by atoms with Gasteiger partial charge in [-0.25, -0.2) is 4.98 Å². The normalized spacial score (nSPS) is 14.7. The van der Waals surface area contributed by atoms with Crippen LogP contribution in [0.2, 0.25) is 0 Å². The van der Waals surface area contributed by atoms with Crippen LogP contribution in [-0.2, 0) is 16.3 Å². The molecule has 2 aromatic rings. The van der Waals surface area contributed by atoms with Gasteiger partial charge in [0.05, 0.1) is 0 Å². The molecular weight excluding hydrogens is 269 g/mol. The van der Waals surface area contributed by atoms with Crippen LogP contribution in [0.15, 0.2) is 11.1 Å². The van der Waals surface area contributed by atoms with E-state index in [0.29, 0.717) is 0 Å². The smallest absolute Gasteiger partial charge is 0.369 e. The molecule has 1 unspecified atom stereocenters. The third-order valence-electron chi connectivity index (χ3n) is 1.82. The summed E-state index contributed by atoms with van der Waals surface area (Å²) >= 11 is 4.65. The zero-order valence-electron chi connectivity index (χ0n) is 8.52. The number of nitrogens with zero attached hydrogens (tertiary/aromatic N) is 3. The van der Waals surface area contributed by atoms with E-state index in [-0.39, 0.29) is 17.1 Å². The van der Waals surface area contributed by atoms with Crippen molar-refractivity contribution in [1.82, 2.24) is 19.7 Å². The molecule has 0 aliphatic heterocycles. The lowest BCUT2D eigenvalue weighted by Crippen LogP contribution is -2.14. The lowest BCUT2D eigenvalue weighted by atomic mass is 10.5. The van der Waals surface area contributed by atoms with Crippen LogP contribution in [0.4, 0.5) is 5.95 Å². The molecule has 1 atom stereocenters. The number of hydrogen-bond donors (Lipinski definition) is 3. The molecule has 4 N–H and O–H groups in total. The molecular formula is C6H8N5O4PS. The average Bonchev–Trinajstić information content (AvgIpc) is 2.61. The van der Waals surface area contributed by atoms with Crippen LogP contribution in [0.5, 0.6) is 0 Å². The Morgan fingerprint density at radius 3 is 3.06 bits per heavy atom. The largest absolute Gasteiger partial charge is 0.397 e. The molecule has 0 fully saturated rings. The standard InChI is InChI=1S/C6H8N5O4PS/c1-14-16(13,17)15-11-2-8-3-4(11)9-6(7)10-5(3)12/h2H,1H3,(H,13,17)(H3,7,9,10,12). The van der Waals surface area contributed by atoms with Gasteiger partial charge in [0.25, 0.3) is 5.56 Å². The number of hydrogen-bond acceptors (Lipinski definition) is 7. The predicted molar refractivity (Wildman–Crippen MR) is 62.7 cm³/mol. The van der Waals surface area contributed by atoms with Gasteiger partial charge in [0.1, 0.15) is 6.33 Å². The second-order valence-electron chi connectivity index (χ2n) is 2.93. The molecule has 0 amide bonds. The van der Waals surface area contributed by atoms with Crippen LogP contribution in [0.1, 0.15) is 0 Å². The zero-order chi connectivity index (χ0) is 12.6. The maximum atomic E-state index is 11.4. The summed E-state index contributed by atoms with van der Waals surface area (Å²) in [4.78, 5) is 30.8. The quantitative estimate of drug-likeness (QED) is 0.609. The second-order valence-corrected chi connectivity index (χ2v) is 5.78. The SMILES string of the molecule is COP(O)(=S)On1cnc2c(=O)[nH]c(N)nc21. The van der Waals surface area contributed by atoms with Crippen molar-refractivity contribution in [2.75, 3.05) is 12.8 Å². The maximum Gasteiger partial charge on any atom is 0.397 e. The first-order chi connectivity index (χ1) is 7.93. The summed E-state index contributed by atoms with van der Waals surface area (Å²) in [6, 6.07) is 0. The summed E-state index contributed by atoms with van der Waals surface area (Å²) in [5, 5.41) is 0. The fourth-order valence-electron chi connectivity index (χ4n) is 1.11. The van der Waals surface area contributed by atoms with E-state index in [0.717, 1.165) is 11.1 Å². The molecule has 17 heavy (non-hydrogen) atoms. The summed E-state index contributed by atoms with van der Waals surface area (Å²) in [5.41, 5.74) is 4.93. The summed E-state index contributed by atoms with van der Waals surface area (Å²) in [5.74, 6) is -0.100. The van der Waals surface area contributed by atoms with Gasteiger partial charge in [-0.15, -0.1) is 4.73 Å². The number of nitrogens with two attached hydrogens (primary N) is 1. The van der Waals surface area contributed by atoms with E-state index >= 15 is 0 Å². The molecule has 0 spiro atoms. The number of anilines is 1. The Bertz CT molecular complexity index is 666. The monoisotopic (exact) mass is 277 g/mol. The minimum absolute atomic E-state index is 0.0188. The number of H-pyrrole nitrogens is 1. The van der Waals surface area contributed by atoms with Crippen molar-refractivity contribution in [3.05, 3.63) is 16.7 Å². The predicted octanol–water partition coefficient (Wildman–Crippen LogP) is -1.01. The van der Waals surface area contributed by atoms with Crippen molar-refractivity contribution in [2.45, 2.75) is 0 Å². The molecule has 0 aliphatic carbocycles. The molecule has 2 aromatic heterocycles. The van der Waals surface area contributed by atoms with Crippen LogP contribution >= 0.6 is 6.72 Å². The molecule has 0 bridgehead atoms. The summed E-state index contributed by atoms with van der Waals surface area (Å²) < 4.78 is 10.5. The Balaban J connectivity index is 2.57. The molecule has 11 heteroatoms. The first-order valence-electron chi connectivity index (χ1n) is 4.24. The molecule has 92 valence electrons. The van der Waals surface area contributed by atoms with Crippen LogP contribution < -0.4 is 15.9 Å².